The van der Waals surface area contributed by atoms with Gasteiger partial charge in [0.2, 0.25) is 0 Å². The van der Waals surface area contributed by atoms with Crippen LogP contribution in [0.4, 0.5) is 0 Å². The minimum Gasteiger partial charge on any atom is -0.465 e. The molecule has 2 aromatic rings. The topological polar surface area (TPSA) is 83.6 Å². The Morgan fingerprint density at radius 3 is 2.41 bits per heavy atom. The number of ether oxygens (including phenoxy) is 2. The molecule has 0 aliphatic heterocycles. The van der Waals surface area contributed by atoms with E-state index in [0.29, 0.717) is 18.5 Å². The summed E-state index contributed by atoms with van der Waals surface area (Å²) in [6.45, 7) is 2.97. The second kappa shape index (κ2) is 6.62. The number of benzene rings is 1. The van der Waals surface area contributed by atoms with Crippen molar-refractivity contribution in [2.45, 2.75) is 13.5 Å². The van der Waals surface area contributed by atoms with E-state index in [-0.39, 0.29) is 17.2 Å². The summed E-state index contributed by atoms with van der Waals surface area (Å²) < 4.78 is 11.5. The molecule has 6 heteroatoms. The molecular weight excluding hydrogens is 284 g/mol. The van der Waals surface area contributed by atoms with E-state index >= 15 is 0 Å². The Labute approximate surface area is 128 Å². The fourth-order valence-corrected chi connectivity index (χ4v) is 2.50. The number of carbonyl (C=O) groups is 2. The van der Waals surface area contributed by atoms with Crippen LogP contribution in [0.1, 0.15) is 27.8 Å². The molecule has 6 nitrogen and oxygen atoms in total. The van der Waals surface area contributed by atoms with E-state index in [0.717, 1.165) is 5.52 Å². The molecule has 1 aromatic heterocycles. The highest BCUT2D eigenvalue weighted by atomic mass is 16.5. The second-order valence-corrected chi connectivity index (χ2v) is 5.18. The van der Waals surface area contributed by atoms with E-state index in [4.69, 9.17) is 15.2 Å². The zero-order valence-electron chi connectivity index (χ0n) is 13.0. The molecule has 22 heavy (non-hydrogen) atoms. The molecule has 0 fully saturated rings. The molecule has 1 atom stereocenters. The number of fused-ring (bicyclic) bond motifs is 1. The molecular formula is C16H20N2O4. The summed E-state index contributed by atoms with van der Waals surface area (Å²) >= 11 is 0. The van der Waals surface area contributed by atoms with Crippen molar-refractivity contribution in [3.63, 3.8) is 0 Å². The Hall–Kier alpha value is -2.34. The third-order valence-corrected chi connectivity index (χ3v) is 3.64. The third kappa shape index (κ3) is 2.69. The van der Waals surface area contributed by atoms with Crippen LogP contribution in [0.2, 0.25) is 0 Å². The zero-order valence-corrected chi connectivity index (χ0v) is 13.0. The van der Waals surface area contributed by atoms with Crippen molar-refractivity contribution in [2.24, 2.45) is 11.7 Å². The van der Waals surface area contributed by atoms with Gasteiger partial charge in [0, 0.05) is 17.4 Å². The Kier molecular flexibility index (Phi) is 4.82. The number of methoxy groups -OCH3 is 2. The quantitative estimate of drug-likeness (QED) is 0.852. The van der Waals surface area contributed by atoms with Gasteiger partial charge < -0.3 is 19.8 Å². The lowest BCUT2D eigenvalue weighted by molar-refractivity contribution is 0.0547. The fourth-order valence-electron chi connectivity index (χ4n) is 2.50. The van der Waals surface area contributed by atoms with E-state index in [2.05, 4.69) is 0 Å². The maximum Gasteiger partial charge on any atom is 0.355 e. The van der Waals surface area contributed by atoms with Crippen LogP contribution in [0.15, 0.2) is 24.3 Å². The lowest BCUT2D eigenvalue weighted by atomic mass is 10.1. The second-order valence-electron chi connectivity index (χ2n) is 5.18. The first-order valence-electron chi connectivity index (χ1n) is 7.03. The number of carbonyl (C=O) groups excluding carboxylic acids is 2. The van der Waals surface area contributed by atoms with Crippen molar-refractivity contribution >= 4 is 22.8 Å². The van der Waals surface area contributed by atoms with Crippen LogP contribution in [0.5, 0.6) is 0 Å². The Balaban J connectivity index is 2.79. The summed E-state index contributed by atoms with van der Waals surface area (Å²) in [7, 11) is 2.58. The van der Waals surface area contributed by atoms with Gasteiger partial charge in [0.25, 0.3) is 0 Å². The summed E-state index contributed by atoms with van der Waals surface area (Å²) in [5, 5.41) is 0.666. The summed E-state index contributed by atoms with van der Waals surface area (Å²) in [6, 6.07) is 7.32. The fraction of sp³-hybridized carbons (Fsp3) is 0.375. The van der Waals surface area contributed by atoms with Crippen LogP contribution in [0.3, 0.4) is 0 Å². The molecule has 0 amide bonds. The monoisotopic (exact) mass is 304 g/mol. The van der Waals surface area contributed by atoms with Crippen molar-refractivity contribution in [3.05, 3.63) is 35.5 Å². The molecule has 0 saturated carbocycles. The minimum atomic E-state index is -0.569. The van der Waals surface area contributed by atoms with Crippen LogP contribution < -0.4 is 5.73 Å². The highest BCUT2D eigenvalue weighted by molar-refractivity contribution is 6.13. The number of rotatable bonds is 5. The van der Waals surface area contributed by atoms with E-state index in [1.54, 1.807) is 10.6 Å². The molecule has 1 unspecified atom stereocenters. The van der Waals surface area contributed by atoms with Crippen molar-refractivity contribution in [3.8, 4) is 0 Å². The number of para-hydroxylation sites is 1. The minimum absolute atomic E-state index is 0.143. The molecule has 0 bridgehead atoms. The molecule has 2 rings (SSSR count). The van der Waals surface area contributed by atoms with E-state index < -0.39 is 11.9 Å². The lowest BCUT2D eigenvalue weighted by Crippen LogP contribution is -2.21. The average Bonchev–Trinajstić information content (AvgIpc) is 2.87. The van der Waals surface area contributed by atoms with Gasteiger partial charge in [0.05, 0.1) is 14.2 Å². The Morgan fingerprint density at radius 1 is 1.18 bits per heavy atom. The van der Waals surface area contributed by atoms with Crippen molar-refractivity contribution in [1.82, 2.24) is 4.57 Å². The molecule has 1 aromatic carbocycles. The molecule has 118 valence electrons. The lowest BCUT2D eigenvalue weighted by Gasteiger charge is -2.14. The summed E-state index contributed by atoms with van der Waals surface area (Å²) in [5.41, 5.74) is 6.91. The normalized spacial score (nSPS) is 12.2. The largest absolute Gasteiger partial charge is 0.465 e. The van der Waals surface area contributed by atoms with Gasteiger partial charge in [-0.3, -0.25) is 0 Å². The molecule has 1 heterocycles. The van der Waals surface area contributed by atoms with Gasteiger partial charge in [-0.1, -0.05) is 25.1 Å². The zero-order chi connectivity index (χ0) is 16.3. The van der Waals surface area contributed by atoms with Crippen LogP contribution in [0.25, 0.3) is 10.9 Å². The molecule has 2 N–H and O–H groups in total. The standard InChI is InChI=1S/C16H20N2O4/c1-10(8-17)9-18-12-7-5-4-6-11(12)13(15(19)21-2)14(18)16(20)22-3/h4-7,10H,8-9,17H2,1-3H3. The molecule has 0 saturated heterocycles. The summed E-state index contributed by atoms with van der Waals surface area (Å²) in [5.74, 6) is -0.985. The summed E-state index contributed by atoms with van der Waals surface area (Å²) in [4.78, 5) is 24.4. The van der Waals surface area contributed by atoms with Gasteiger partial charge in [0.15, 0.2) is 0 Å². The first kappa shape index (κ1) is 16.0. The highest BCUT2D eigenvalue weighted by Gasteiger charge is 2.28. The molecule has 0 spiro atoms. The van der Waals surface area contributed by atoms with Crippen molar-refractivity contribution < 1.29 is 19.1 Å². The number of nitrogens with two attached hydrogens (primary N) is 1. The predicted molar refractivity (Wildman–Crippen MR) is 82.8 cm³/mol. The van der Waals surface area contributed by atoms with Gasteiger partial charge in [-0.05, 0) is 18.5 Å². The molecule has 0 aliphatic carbocycles. The van der Waals surface area contributed by atoms with Crippen LogP contribution in [-0.2, 0) is 16.0 Å². The van der Waals surface area contributed by atoms with Gasteiger partial charge in [0.1, 0.15) is 11.3 Å². The van der Waals surface area contributed by atoms with E-state index in [1.807, 2.05) is 25.1 Å². The van der Waals surface area contributed by atoms with Gasteiger partial charge >= 0.3 is 11.9 Å². The van der Waals surface area contributed by atoms with E-state index in [1.165, 1.54) is 14.2 Å². The van der Waals surface area contributed by atoms with Crippen LogP contribution >= 0.6 is 0 Å². The third-order valence-electron chi connectivity index (χ3n) is 3.64. The molecule has 0 aliphatic rings. The molecule has 0 radical (unpaired) electrons. The highest BCUT2D eigenvalue weighted by Crippen LogP contribution is 2.28. The summed E-state index contributed by atoms with van der Waals surface area (Å²) in [6.07, 6.45) is 0. The SMILES string of the molecule is COC(=O)c1c(C(=O)OC)n(CC(C)CN)c2ccccc12. The number of esters is 2. The van der Waals surface area contributed by atoms with Crippen LogP contribution in [0, 0.1) is 5.92 Å². The van der Waals surface area contributed by atoms with E-state index in [9.17, 15) is 9.59 Å². The first-order chi connectivity index (χ1) is 10.5. The first-order valence-corrected chi connectivity index (χ1v) is 7.03. The van der Waals surface area contributed by atoms with Crippen molar-refractivity contribution in [2.75, 3.05) is 20.8 Å². The Morgan fingerprint density at radius 2 is 1.82 bits per heavy atom. The van der Waals surface area contributed by atoms with Gasteiger partial charge in [-0.25, -0.2) is 9.59 Å². The van der Waals surface area contributed by atoms with Gasteiger partial charge in [-0.2, -0.15) is 0 Å². The Bertz CT molecular complexity index is 705. The predicted octanol–water partition coefficient (Wildman–Crippen LogP) is 1.81. The number of hydrogen-bond donors (Lipinski definition) is 1. The maximum atomic E-state index is 12.2. The number of hydrogen-bond acceptors (Lipinski definition) is 5. The number of nitrogens with zero attached hydrogens (tertiary/aromatic N) is 1. The van der Waals surface area contributed by atoms with Crippen molar-refractivity contribution in [1.29, 1.82) is 0 Å². The number of aromatic nitrogens is 1. The smallest absolute Gasteiger partial charge is 0.355 e. The van der Waals surface area contributed by atoms with Gasteiger partial charge in [-0.15, -0.1) is 0 Å². The van der Waals surface area contributed by atoms with Crippen LogP contribution in [-0.4, -0.2) is 37.3 Å². The maximum absolute atomic E-state index is 12.2. The average molecular weight is 304 g/mol.